The third kappa shape index (κ3) is 8.64. The van der Waals surface area contributed by atoms with Gasteiger partial charge in [0.2, 0.25) is 0 Å². The SMILES string of the molecule is COc1cc(/C=C/C(=O)CC(=O)/C=C/c2ccc(OC(=O)C(C)c3ccc(C(=O)c4ccccc4)cc3)c(OC)c2)ccc1O. The van der Waals surface area contributed by atoms with Crippen molar-refractivity contribution >= 4 is 35.5 Å². The van der Waals surface area contributed by atoms with E-state index in [0.717, 1.165) is 0 Å². The minimum Gasteiger partial charge on any atom is -0.504 e. The fourth-order valence-electron chi connectivity index (χ4n) is 4.35. The molecule has 0 saturated heterocycles. The normalized spacial score (nSPS) is 11.7. The van der Waals surface area contributed by atoms with E-state index in [1.165, 1.54) is 38.5 Å². The van der Waals surface area contributed by atoms with Crippen molar-refractivity contribution in [1.29, 1.82) is 0 Å². The predicted octanol–water partition coefficient (Wildman–Crippen LogP) is 6.60. The lowest BCUT2D eigenvalue weighted by molar-refractivity contribution is -0.135. The molecule has 0 amide bonds. The molecule has 0 aliphatic carbocycles. The first-order valence-corrected chi connectivity index (χ1v) is 14.1. The van der Waals surface area contributed by atoms with Crippen LogP contribution in [0, 0.1) is 0 Å². The first-order valence-electron chi connectivity index (χ1n) is 14.1. The Morgan fingerprint density at radius 1 is 0.689 bits per heavy atom. The number of phenolic OH excluding ortho intramolecular Hbond substituents is 1. The Balaban J connectivity index is 1.34. The molecule has 0 radical (unpaired) electrons. The van der Waals surface area contributed by atoms with Gasteiger partial charge in [-0.15, -0.1) is 0 Å². The lowest BCUT2D eigenvalue weighted by Crippen LogP contribution is -2.16. The second-order valence-electron chi connectivity index (χ2n) is 10.1. The maximum Gasteiger partial charge on any atom is 0.318 e. The van der Waals surface area contributed by atoms with Crippen molar-refractivity contribution in [2.75, 3.05) is 14.2 Å². The first-order chi connectivity index (χ1) is 21.7. The van der Waals surface area contributed by atoms with E-state index in [9.17, 15) is 24.3 Å². The number of hydrogen-bond acceptors (Lipinski definition) is 8. The van der Waals surface area contributed by atoms with E-state index < -0.39 is 17.7 Å². The molecule has 1 atom stereocenters. The number of ketones is 3. The van der Waals surface area contributed by atoms with Crippen LogP contribution in [-0.4, -0.2) is 42.6 Å². The highest BCUT2D eigenvalue weighted by Gasteiger charge is 2.20. The number of rotatable bonds is 13. The second kappa shape index (κ2) is 15.1. The Morgan fingerprint density at radius 2 is 1.24 bits per heavy atom. The standard InChI is InChI=1S/C37H32O8/c1-24(27-13-15-29(16-14-27)36(41)28-7-5-4-6-8-28)37(42)45-33-20-12-26(22-35(33)44-3)10-18-31(39)23-30(38)17-9-25-11-19-32(40)34(21-25)43-2/h4-22,24,40H,23H2,1-3H3/b17-9+,18-10+. The van der Waals surface area contributed by atoms with E-state index in [0.29, 0.717) is 27.8 Å². The Kier molecular flexibility index (Phi) is 10.8. The average molecular weight is 605 g/mol. The van der Waals surface area contributed by atoms with Crippen LogP contribution >= 0.6 is 0 Å². The number of aromatic hydroxyl groups is 1. The fourth-order valence-corrected chi connectivity index (χ4v) is 4.35. The minimum absolute atomic E-state index is 0.0149. The molecular formula is C37H32O8. The molecule has 0 aromatic heterocycles. The van der Waals surface area contributed by atoms with Crippen LogP contribution in [0.4, 0.5) is 0 Å². The van der Waals surface area contributed by atoms with Gasteiger partial charge in [0, 0.05) is 11.1 Å². The van der Waals surface area contributed by atoms with Gasteiger partial charge in [0.05, 0.1) is 26.6 Å². The van der Waals surface area contributed by atoms with Crippen LogP contribution in [0.1, 0.15) is 51.9 Å². The van der Waals surface area contributed by atoms with Gasteiger partial charge in [0.1, 0.15) is 0 Å². The molecule has 45 heavy (non-hydrogen) atoms. The number of hydrogen-bond donors (Lipinski definition) is 1. The summed E-state index contributed by atoms with van der Waals surface area (Å²) in [7, 11) is 2.86. The molecule has 0 fully saturated rings. The molecule has 228 valence electrons. The minimum atomic E-state index is -0.615. The zero-order valence-electron chi connectivity index (χ0n) is 25.1. The van der Waals surface area contributed by atoms with Crippen LogP contribution in [0.2, 0.25) is 0 Å². The van der Waals surface area contributed by atoms with E-state index in [-0.39, 0.29) is 41.0 Å². The van der Waals surface area contributed by atoms with Gasteiger partial charge in [-0.25, -0.2) is 0 Å². The van der Waals surface area contributed by atoms with Gasteiger partial charge in [-0.2, -0.15) is 0 Å². The molecule has 0 bridgehead atoms. The smallest absolute Gasteiger partial charge is 0.318 e. The Hall–Kier alpha value is -5.76. The molecule has 0 aliphatic rings. The number of carbonyl (C=O) groups is 4. The summed E-state index contributed by atoms with van der Waals surface area (Å²) in [5.74, 6) is -1.25. The Bertz CT molecular complexity index is 1750. The van der Waals surface area contributed by atoms with Gasteiger partial charge >= 0.3 is 5.97 Å². The van der Waals surface area contributed by atoms with Gasteiger partial charge in [0.15, 0.2) is 40.3 Å². The summed E-state index contributed by atoms with van der Waals surface area (Å²) in [5.41, 5.74) is 3.03. The molecule has 8 nitrogen and oxygen atoms in total. The van der Waals surface area contributed by atoms with Crippen molar-refractivity contribution in [1.82, 2.24) is 0 Å². The number of phenols is 1. The molecule has 4 aromatic carbocycles. The van der Waals surface area contributed by atoms with E-state index in [1.807, 2.05) is 6.07 Å². The molecule has 0 aliphatic heterocycles. The summed E-state index contributed by atoms with van der Waals surface area (Å²) < 4.78 is 16.1. The predicted molar refractivity (Wildman–Crippen MR) is 171 cm³/mol. The van der Waals surface area contributed by atoms with Crippen LogP contribution in [0.15, 0.2) is 103 Å². The second-order valence-corrected chi connectivity index (χ2v) is 10.1. The van der Waals surface area contributed by atoms with Gasteiger partial charge in [0.25, 0.3) is 0 Å². The zero-order valence-corrected chi connectivity index (χ0v) is 25.1. The monoisotopic (exact) mass is 604 g/mol. The summed E-state index contributed by atoms with van der Waals surface area (Å²) >= 11 is 0. The molecule has 0 heterocycles. The summed E-state index contributed by atoms with van der Waals surface area (Å²) in [6.07, 6.45) is 5.34. The maximum absolute atomic E-state index is 13.0. The molecule has 8 heteroatoms. The van der Waals surface area contributed by atoms with Crippen LogP contribution in [-0.2, 0) is 14.4 Å². The molecule has 1 N–H and O–H groups in total. The van der Waals surface area contributed by atoms with Crippen LogP contribution in [0.25, 0.3) is 12.2 Å². The molecule has 4 rings (SSSR count). The highest BCUT2D eigenvalue weighted by atomic mass is 16.6. The number of carbonyl (C=O) groups excluding carboxylic acids is 4. The average Bonchev–Trinajstić information content (AvgIpc) is 3.07. The van der Waals surface area contributed by atoms with Crippen LogP contribution in [0.3, 0.4) is 0 Å². The van der Waals surface area contributed by atoms with Crippen LogP contribution in [0.5, 0.6) is 23.0 Å². The van der Waals surface area contributed by atoms with E-state index in [4.69, 9.17) is 14.2 Å². The van der Waals surface area contributed by atoms with Crippen molar-refractivity contribution in [3.8, 4) is 23.0 Å². The van der Waals surface area contributed by atoms with Gasteiger partial charge in [-0.1, -0.05) is 78.9 Å². The largest absolute Gasteiger partial charge is 0.504 e. The molecule has 4 aromatic rings. The third-order valence-corrected chi connectivity index (χ3v) is 6.94. The van der Waals surface area contributed by atoms with E-state index in [1.54, 1.807) is 91.9 Å². The third-order valence-electron chi connectivity index (χ3n) is 6.94. The highest BCUT2D eigenvalue weighted by Crippen LogP contribution is 2.31. The lowest BCUT2D eigenvalue weighted by atomic mass is 9.97. The number of methoxy groups -OCH3 is 2. The van der Waals surface area contributed by atoms with E-state index in [2.05, 4.69) is 0 Å². The lowest BCUT2D eigenvalue weighted by Gasteiger charge is -2.14. The Morgan fingerprint density at radius 3 is 1.84 bits per heavy atom. The molecular weight excluding hydrogens is 572 g/mol. The summed E-state index contributed by atoms with van der Waals surface area (Å²) in [6.45, 7) is 1.71. The summed E-state index contributed by atoms with van der Waals surface area (Å²) in [5, 5.41) is 9.68. The number of benzene rings is 4. The van der Waals surface area contributed by atoms with Gasteiger partial charge in [-0.3, -0.25) is 19.2 Å². The van der Waals surface area contributed by atoms with Crippen LogP contribution < -0.4 is 14.2 Å². The van der Waals surface area contributed by atoms with Crippen molar-refractivity contribution in [3.63, 3.8) is 0 Å². The van der Waals surface area contributed by atoms with Crippen molar-refractivity contribution in [2.45, 2.75) is 19.3 Å². The van der Waals surface area contributed by atoms with E-state index >= 15 is 0 Å². The molecule has 0 saturated carbocycles. The topological polar surface area (TPSA) is 116 Å². The quantitative estimate of drug-likeness (QED) is 0.0596. The fraction of sp³-hybridized carbons (Fsp3) is 0.135. The summed E-state index contributed by atoms with van der Waals surface area (Å²) in [4.78, 5) is 50.3. The highest BCUT2D eigenvalue weighted by molar-refractivity contribution is 6.11. The van der Waals surface area contributed by atoms with Crippen molar-refractivity contribution in [3.05, 3.63) is 131 Å². The van der Waals surface area contributed by atoms with Gasteiger partial charge < -0.3 is 19.3 Å². The number of ether oxygens (including phenoxy) is 3. The summed E-state index contributed by atoms with van der Waals surface area (Å²) in [6, 6.07) is 25.3. The first kappa shape index (κ1) is 32.2. The molecule has 1 unspecified atom stereocenters. The maximum atomic E-state index is 13.0. The number of allylic oxidation sites excluding steroid dienone is 2. The zero-order chi connectivity index (χ0) is 32.3. The molecule has 0 spiro atoms. The Labute approximate surface area is 261 Å². The van der Waals surface area contributed by atoms with Gasteiger partial charge in [-0.05, 0) is 60.0 Å². The van der Waals surface area contributed by atoms with Crippen molar-refractivity contribution in [2.24, 2.45) is 0 Å². The van der Waals surface area contributed by atoms with Crippen molar-refractivity contribution < 1.29 is 38.5 Å². The number of esters is 1.